The Morgan fingerprint density at radius 3 is 2.19 bits per heavy atom. The predicted molar refractivity (Wildman–Crippen MR) is 103 cm³/mol. The minimum absolute atomic E-state index is 0.186. The average Bonchev–Trinajstić information content (AvgIpc) is 2.91. The van der Waals surface area contributed by atoms with Crippen molar-refractivity contribution in [3.8, 4) is 0 Å². The molecule has 0 unspecified atom stereocenters. The zero-order chi connectivity index (χ0) is 18.6. The van der Waals surface area contributed by atoms with E-state index in [0.717, 1.165) is 31.6 Å². The van der Waals surface area contributed by atoms with Crippen molar-refractivity contribution >= 4 is 27.1 Å². The molecule has 0 saturated carbocycles. The summed E-state index contributed by atoms with van der Waals surface area (Å²) < 4.78 is 25.8. The van der Waals surface area contributed by atoms with Gasteiger partial charge in [0.05, 0.1) is 21.2 Å². The van der Waals surface area contributed by atoms with Crippen molar-refractivity contribution in [2.24, 2.45) is 0 Å². The third kappa shape index (κ3) is 4.07. The third-order valence-electron chi connectivity index (χ3n) is 4.59. The van der Waals surface area contributed by atoms with Crippen LogP contribution in [-0.4, -0.2) is 27.4 Å². The van der Waals surface area contributed by atoms with Crippen molar-refractivity contribution in [2.45, 2.75) is 42.4 Å². The molecule has 1 aliphatic rings. The summed E-state index contributed by atoms with van der Waals surface area (Å²) >= 11 is 0. The van der Waals surface area contributed by atoms with Crippen LogP contribution in [0.15, 0.2) is 58.3 Å². The molecule has 0 aliphatic carbocycles. The number of nitrogens with zero attached hydrogens (tertiary/aromatic N) is 1. The molecule has 0 spiro atoms. The summed E-state index contributed by atoms with van der Waals surface area (Å²) in [7, 11) is -3.62. The van der Waals surface area contributed by atoms with Crippen molar-refractivity contribution in [3.05, 3.63) is 48.5 Å². The van der Waals surface area contributed by atoms with Gasteiger partial charge >= 0.3 is 0 Å². The van der Waals surface area contributed by atoms with E-state index < -0.39 is 9.84 Å². The summed E-state index contributed by atoms with van der Waals surface area (Å²) in [5, 5.41) is 2.81. The molecule has 0 aromatic heterocycles. The van der Waals surface area contributed by atoms with E-state index in [4.69, 9.17) is 0 Å². The standard InChI is InChI=1S/C20H24N2O3S/c1-16(23)21-19-15-18(26(24,25)17-9-5-4-6-10-17)11-12-20(19)22-13-7-2-3-8-14-22/h4-6,9-12,15H,2-3,7-8,13-14H2,1H3,(H,21,23). The van der Waals surface area contributed by atoms with Crippen LogP contribution in [0.2, 0.25) is 0 Å². The number of benzene rings is 2. The molecule has 26 heavy (non-hydrogen) atoms. The fourth-order valence-corrected chi connectivity index (χ4v) is 4.60. The van der Waals surface area contributed by atoms with Gasteiger partial charge in [0.2, 0.25) is 15.7 Å². The van der Waals surface area contributed by atoms with Gasteiger partial charge in [0, 0.05) is 20.0 Å². The fourth-order valence-electron chi connectivity index (χ4n) is 3.30. The average molecular weight is 372 g/mol. The Morgan fingerprint density at radius 1 is 0.923 bits per heavy atom. The van der Waals surface area contributed by atoms with Crippen molar-refractivity contribution in [3.63, 3.8) is 0 Å². The molecule has 1 N–H and O–H groups in total. The number of amides is 1. The van der Waals surface area contributed by atoms with Gasteiger partial charge in [-0.1, -0.05) is 31.0 Å². The fraction of sp³-hybridized carbons (Fsp3) is 0.350. The Morgan fingerprint density at radius 2 is 1.58 bits per heavy atom. The highest BCUT2D eigenvalue weighted by molar-refractivity contribution is 7.91. The molecule has 1 saturated heterocycles. The molecule has 2 aromatic rings. The van der Waals surface area contributed by atoms with Gasteiger partial charge in [-0.2, -0.15) is 0 Å². The lowest BCUT2D eigenvalue weighted by Crippen LogP contribution is -2.25. The highest BCUT2D eigenvalue weighted by Crippen LogP contribution is 2.32. The summed E-state index contributed by atoms with van der Waals surface area (Å²) in [6.07, 6.45) is 4.60. The lowest BCUT2D eigenvalue weighted by atomic mass is 10.2. The smallest absolute Gasteiger partial charge is 0.221 e. The first-order valence-electron chi connectivity index (χ1n) is 8.95. The van der Waals surface area contributed by atoms with Crippen LogP contribution in [0.5, 0.6) is 0 Å². The third-order valence-corrected chi connectivity index (χ3v) is 6.36. The molecule has 1 aliphatic heterocycles. The molecule has 6 heteroatoms. The number of rotatable bonds is 4. The van der Waals surface area contributed by atoms with Gasteiger partial charge in [-0.3, -0.25) is 4.79 Å². The van der Waals surface area contributed by atoms with E-state index >= 15 is 0 Å². The summed E-state index contributed by atoms with van der Waals surface area (Å²) in [5.74, 6) is -0.213. The van der Waals surface area contributed by atoms with E-state index in [0.29, 0.717) is 5.69 Å². The minimum Gasteiger partial charge on any atom is -0.370 e. The number of hydrogen-bond donors (Lipinski definition) is 1. The van der Waals surface area contributed by atoms with E-state index in [1.165, 1.54) is 19.8 Å². The maximum Gasteiger partial charge on any atom is 0.221 e. The topological polar surface area (TPSA) is 66.5 Å². The Bertz CT molecular complexity index is 871. The number of anilines is 2. The molecule has 0 bridgehead atoms. The van der Waals surface area contributed by atoms with Crippen molar-refractivity contribution in [1.82, 2.24) is 0 Å². The maximum absolute atomic E-state index is 12.9. The van der Waals surface area contributed by atoms with Gasteiger partial charge in [-0.25, -0.2) is 8.42 Å². The molecule has 3 rings (SSSR count). The molecule has 5 nitrogen and oxygen atoms in total. The Kier molecular flexibility index (Phi) is 5.61. The Balaban J connectivity index is 2.02. The summed E-state index contributed by atoms with van der Waals surface area (Å²) in [5.41, 5.74) is 1.44. The second kappa shape index (κ2) is 7.91. The molecule has 138 valence electrons. The van der Waals surface area contributed by atoms with Gasteiger partial charge in [0.1, 0.15) is 0 Å². The van der Waals surface area contributed by atoms with E-state index in [1.54, 1.807) is 42.5 Å². The van der Waals surface area contributed by atoms with E-state index in [1.807, 2.05) is 6.07 Å². The van der Waals surface area contributed by atoms with Gasteiger partial charge in [-0.15, -0.1) is 0 Å². The Labute approximate surface area is 154 Å². The molecular weight excluding hydrogens is 348 g/mol. The number of nitrogens with one attached hydrogen (secondary N) is 1. The van der Waals surface area contributed by atoms with Crippen LogP contribution in [0.4, 0.5) is 11.4 Å². The number of carbonyl (C=O) groups excluding carboxylic acids is 1. The summed E-state index contributed by atoms with van der Waals surface area (Å²) in [6.45, 7) is 3.26. The number of sulfone groups is 1. The lowest BCUT2D eigenvalue weighted by Gasteiger charge is -2.26. The lowest BCUT2D eigenvalue weighted by molar-refractivity contribution is -0.114. The highest BCUT2D eigenvalue weighted by Gasteiger charge is 2.21. The normalized spacial score (nSPS) is 15.3. The SMILES string of the molecule is CC(=O)Nc1cc(S(=O)(=O)c2ccccc2)ccc1N1CCCCCC1. The summed E-state index contributed by atoms with van der Waals surface area (Å²) in [4.78, 5) is 14.3. The zero-order valence-corrected chi connectivity index (χ0v) is 15.8. The van der Waals surface area contributed by atoms with Crippen LogP contribution in [-0.2, 0) is 14.6 Å². The van der Waals surface area contributed by atoms with E-state index in [-0.39, 0.29) is 15.7 Å². The Hall–Kier alpha value is -2.34. The van der Waals surface area contributed by atoms with Gasteiger partial charge in [-0.05, 0) is 43.2 Å². The van der Waals surface area contributed by atoms with Crippen LogP contribution in [0.1, 0.15) is 32.6 Å². The first kappa shape index (κ1) is 18.5. The highest BCUT2D eigenvalue weighted by atomic mass is 32.2. The number of carbonyl (C=O) groups is 1. The largest absolute Gasteiger partial charge is 0.370 e. The first-order chi connectivity index (χ1) is 12.5. The van der Waals surface area contributed by atoms with Gasteiger partial charge < -0.3 is 10.2 Å². The zero-order valence-electron chi connectivity index (χ0n) is 14.9. The number of hydrogen-bond acceptors (Lipinski definition) is 4. The van der Waals surface area contributed by atoms with Crippen LogP contribution >= 0.6 is 0 Å². The van der Waals surface area contributed by atoms with Crippen LogP contribution in [0, 0.1) is 0 Å². The maximum atomic E-state index is 12.9. The van der Waals surface area contributed by atoms with Gasteiger partial charge in [0.25, 0.3) is 0 Å². The monoisotopic (exact) mass is 372 g/mol. The van der Waals surface area contributed by atoms with Crippen LogP contribution in [0.3, 0.4) is 0 Å². The van der Waals surface area contributed by atoms with Crippen molar-refractivity contribution < 1.29 is 13.2 Å². The second-order valence-electron chi connectivity index (χ2n) is 6.58. The van der Waals surface area contributed by atoms with Crippen LogP contribution in [0.25, 0.3) is 0 Å². The van der Waals surface area contributed by atoms with Gasteiger partial charge in [0.15, 0.2) is 0 Å². The van der Waals surface area contributed by atoms with Crippen molar-refractivity contribution in [2.75, 3.05) is 23.3 Å². The molecular formula is C20H24N2O3S. The molecule has 1 heterocycles. The summed E-state index contributed by atoms with van der Waals surface area (Å²) in [6, 6.07) is 13.4. The van der Waals surface area contributed by atoms with Crippen LogP contribution < -0.4 is 10.2 Å². The minimum atomic E-state index is -3.62. The quantitative estimate of drug-likeness (QED) is 0.885. The molecule has 0 radical (unpaired) electrons. The second-order valence-corrected chi connectivity index (χ2v) is 8.53. The first-order valence-corrected chi connectivity index (χ1v) is 10.4. The molecule has 0 atom stereocenters. The molecule has 1 fully saturated rings. The molecule has 1 amide bonds. The molecule has 2 aromatic carbocycles. The van der Waals surface area contributed by atoms with E-state index in [2.05, 4.69) is 10.2 Å². The van der Waals surface area contributed by atoms with E-state index in [9.17, 15) is 13.2 Å². The predicted octanol–water partition coefficient (Wildman–Crippen LogP) is 3.86. The van der Waals surface area contributed by atoms with Crippen molar-refractivity contribution in [1.29, 1.82) is 0 Å².